The van der Waals surface area contributed by atoms with Crippen molar-refractivity contribution in [2.45, 2.75) is 18.3 Å². The van der Waals surface area contributed by atoms with Crippen molar-refractivity contribution in [3.63, 3.8) is 0 Å². The summed E-state index contributed by atoms with van der Waals surface area (Å²) in [5.41, 5.74) is 4.01. The molecule has 0 aliphatic carbocycles. The zero-order chi connectivity index (χ0) is 13.4. The smallest absolute Gasteiger partial charge is 0.382 e. The number of aliphatic hydroxyl groups is 1. The minimum atomic E-state index is -5.05. The molecule has 3 N–H and O–H groups in total. The summed E-state index contributed by atoms with van der Waals surface area (Å²) < 4.78 is 62.9. The quantitative estimate of drug-likeness (QED) is 0.632. The van der Waals surface area contributed by atoms with E-state index in [1.54, 1.807) is 0 Å². The highest BCUT2D eigenvalue weighted by Crippen LogP contribution is 2.33. The van der Waals surface area contributed by atoms with E-state index in [9.17, 15) is 22.0 Å². The Bertz CT molecular complexity index is 428. The van der Waals surface area contributed by atoms with Crippen molar-refractivity contribution in [2.24, 2.45) is 5.73 Å². The average Bonchev–Trinajstić information content (AvgIpc) is 2.21. The van der Waals surface area contributed by atoms with E-state index in [0.717, 1.165) is 12.1 Å². The molecule has 18 heavy (non-hydrogen) atoms. The molecule has 0 aliphatic rings. The molecule has 0 saturated carbocycles. The van der Waals surface area contributed by atoms with E-state index in [1.165, 1.54) is 0 Å². The number of nitrogens with two attached hydrogens (primary N) is 1. The summed E-state index contributed by atoms with van der Waals surface area (Å²) in [7, 11) is 0. The molecular weight excluding hydrogens is 348 g/mol. The van der Waals surface area contributed by atoms with Crippen LogP contribution >= 0.6 is 28.3 Å². The van der Waals surface area contributed by atoms with Crippen LogP contribution < -0.4 is 5.73 Å². The molecule has 104 valence electrons. The van der Waals surface area contributed by atoms with Crippen LogP contribution in [-0.4, -0.2) is 17.4 Å². The summed E-state index contributed by atoms with van der Waals surface area (Å²) in [6.45, 7) is 0. The number of hydrogen-bond acceptors (Lipinski definition) is 2. The van der Waals surface area contributed by atoms with Crippen LogP contribution in [0.2, 0.25) is 0 Å². The van der Waals surface area contributed by atoms with Gasteiger partial charge in [-0.3, -0.25) is 0 Å². The molecule has 1 rings (SSSR count). The fraction of sp³-hybridized carbons (Fsp3) is 0.333. The summed E-state index contributed by atoms with van der Waals surface area (Å²) in [5.74, 6) is -2.51. The van der Waals surface area contributed by atoms with Crippen LogP contribution in [0.15, 0.2) is 16.6 Å². The lowest BCUT2D eigenvalue weighted by molar-refractivity contribution is -0.210. The summed E-state index contributed by atoms with van der Waals surface area (Å²) in [6, 6.07) is -0.487. The van der Waals surface area contributed by atoms with Crippen LogP contribution in [0.3, 0.4) is 0 Å². The maximum atomic E-state index is 13.4. The first kappa shape index (κ1) is 17.6. The van der Waals surface area contributed by atoms with Crippen LogP contribution in [0.5, 0.6) is 0 Å². The lowest BCUT2D eigenvalue weighted by Crippen LogP contribution is -2.39. The second-order valence-electron chi connectivity index (χ2n) is 3.27. The van der Waals surface area contributed by atoms with Crippen molar-refractivity contribution in [1.29, 1.82) is 0 Å². The Labute approximate surface area is 114 Å². The molecular formula is C9H8BrClF5NO. The summed E-state index contributed by atoms with van der Waals surface area (Å²) >= 11 is 2.69. The van der Waals surface area contributed by atoms with Crippen LogP contribution in [-0.2, 0) is 0 Å². The fourth-order valence-corrected chi connectivity index (χ4v) is 1.56. The molecule has 1 aromatic rings. The van der Waals surface area contributed by atoms with Gasteiger partial charge in [-0.05, 0) is 28.1 Å². The number of hydrogen-bond donors (Lipinski definition) is 2. The molecule has 0 aliphatic heterocycles. The SMILES string of the molecule is Cl.N[C@@H](c1c(F)ccc(Br)c1F)[C@H](O)C(F)(F)F. The third-order valence-corrected chi connectivity index (χ3v) is 2.70. The lowest BCUT2D eigenvalue weighted by Gasteiger charge is -2.22. The van der Waals surface area contributed by atoms with Crippen molar-refractivity contribution in [3.8, 4) is 0 Å². The minimum Gasteiger partial charge on any atom is -0.382 e. The van der Waals surface area contributed by atoms with Gasteiger partial charge in [-0.2, -0.15) is 13.2 Å². The van der Waals surface area contributed by atoms with Gasteiger partial charge in [-0.25, -0.2) is 8.78 Å². The predicted molar refractivity (Wildman–Crippen MR) is 60.3 cm³/mol. The van der Waals surface area contributed by atoms with Crippen molar-refractivity contribution < 1.29 is 27.1 Å². The Hall–Kier alpha value is -0.440. The number of rotatable bonds is 2. The van der Waals surface area contributed by atoms with Gasteiger partial charge in [0.15, 0.2) is 6.10 Å². The van der Waals surface area contributed by atoms with Gasteiger partial charge in [0.1, 0.15) is 11.6 Å². The Morgan fingerprint density at radius 2 is 1.72 bits per heavy atom. The molecule has 0 unspecified atom stereocenters. The maximum Gasteiger partial charge on any atom is 0.416 e. The highest BCUT2D eigenvalue weighted by atomic mass is 79.9. The number of benzene rings is 1. The predicted octanol–water partition coefficient (Wildman–Crippen LogP) is 3.07. The van der Waals surface area contributed by atoms with Gasteiger partial charge in [0.05, 0.1) is 10.5 Å². The molecule has 2 nitrogen and oxygen atoms in total. The Balaban J connectivity index is 0.00000289. The molecule has 0 bridgehead atoms. The number of alkyl halides is 3. The van der Waals surface area contributed by atoms with E-state index in [1.807, 2.05) is 0 Å². The van der Waals surface area contributed by atoms with Crippen molar-refractivity contribution in [2.75, 3.05) is 0 Å². The average molecular weight is 357 g/mol. The van der Waals surface area contributed by atoms with Crippen LogP contribution in [0.4, 0.5) is 22.0 Å². The van der Waals surface area contributed by atoms with E-state index in [4.69, 9.17) is 10.8 Å². The fourth-order valence-electron chi connectivity index (χ4n) is 1.21. The van der Waals surface area contributed by atoms with Gasteiger partial charge >= 0.3 is 6.18 Å². The second kappa shape index (κ2) is 6.14. The Kier molecular flexibility index (Phi) is 5.99. The zero-order valence-electron chi connectivity index (χ0n) is 8.51. The van der Waals surface area contributed by atoms with Crippen LogP contribution in [0.1, 0.15) is 11.6 Å². The van der Waals surface area contributed by atoms with Gasteiger partial charge in [0.25, 0.3) is 0 Å². The van der Waals surface area contributed by atoms with Crippen molar-refractivity contribution >= 4 is 28.3 Å². The van der Waals surface area contributed by atoms with Crippen LogP contribution in [0.25, 0.3) is 0 Å². The number of halogens is 7. The van der Waals surface area contributed by atoms with Gasteiger partial charge in [0.2, 0.25) is 0 Å². The van der Waals surface area contributed by atoms with Crippen molar-refractivity contribution in [3.05, 3.63) is 33.8 Å². The molecule has 0 spiro atoms. The normalized spacial score (nSPS) is 14.9. The van der Waals surface area contributed by atoms with Gasteiger partial charge < -0.3 is 10.8 Å². The van der Waals surface area contributed by atoms with E-state index >= 15 is 0 Å². The first-order chi connectivity index (χ1) is 7.66. The largest absolute Gasteiger partial charge is 0.416 e. The summed E-state index contributed by atoms with van der Waals surface area (Å²) in [6.07, 6.45) is -8.10. The van der Waals surface area contributed by atoms with Crippen LogP contribution in [0, 0.1) is 11.6 Å². The highest BCUT2D eigenvalue weighted by Gasteiger charge is 2.44. The topological polar surface area (TPSA) is 46.2 Å². The molecule has 0 saturated heterocycles. The van der Waals surface area contributed by atoms with E-state index in [-0.39, 0.29) is 16.9 Å². The first-order valence-corrected chi connectivity index (χ1v) is 5.09. The van der Waals surface area contributed by atoms with Gasteiger partial charge in [0, 0.05) is 5.56 Å². The van der Waals surface area contributed by atoms with E-state index < -0.39 is 35.5 Å². The summed E-state index contributed by atoms with van der Waals surface area (Å²) in [5, 5.41) is 8.85. The van der Waals surface area contributed by atoms with E-state index in [0.29, 0.717) is 0 Å². The Morgan fingerprint density at radius 1 is 1.22 bits per heavy atom. The zero-order valence-corrected chi connectivity index (χ0v) is 10.9. The molecule has 0 amide bonds. The second-order valence-corrected chi connectivity index (χ2v) is 4.12. The number of aliphatic hydroxyl groups excluding tert-OH is 1. The molecule has 0 aromatic heterocycles. The highest BCUT2D eigenvalue weighted by molar-refractivity contribution is 9.10. The monoisotopic (exact) mass is 355 g/mol. The maximum absolute atomic E-state index is 13.4. The lowest BCUT2D eigenvalue weighted by atomic mass is 10.0. The standard InChI is InChI=1S/C9H7BrF5NO.ClH/c10-3-1-2-4(11)5(6(3)12)7(16)8(17)9(13,14)15;/h1-2,7-8,17H,16H2;1H/t7-,8-;/m0./s1. The third-order valence-electron chi connectivity index (χ3n) is 2.09. The minimum absolute atomic E-state index is 0. The van der Waals surface area contributed by atoms with Gasteiger partial charge in [-0.1, -0.05) is 0 Å². The molecule has 0 heterocycles. The molecule has 0 fully saturated rings. The molecule has 2 atom stereocenters. The van der Waals surface area contributed by atoms with Gasteiger partial charge in [-0.15, -0.1) is 12.4 Å². The first-order valence-electron chi connectivity index (χ1n) is 4.30. The molecule has 0 radical (unpaired) electrons. The molecule has 9 heteroatoms. The van der Waals surface area contributed by atoms with Crippen molar-refractivity contribution in [1.82, 2.24) is 0 Å². The molecule has 1 aromatic carbocycles. The Morgan fingerprint density at radius 3 is 2.17 bits per heavy atom. The van der Waals surface area contributed by atoms with E-state index in [2.05, 4.69) is 15.9 Å². The third kappa shape index (κ3) is 3.53. The summed E-state index contributed by atoms with van der Waals surface area (Å²) in [4.78, 5) is 0.